The molecule has 0 atom stereocenters. The zero-order valence-electron chi connectivity index (χ0n) is 22.0. The molecule has 1 amide bonds. The Morgan fingerprint density at radius 2 is 1.77 bits per heavy atom. The molecule has 5 rings (SSSR count). The third kappa shape index (κ3) is 6.61. The van der Waals surface area contributed by atoms with Crippen molar-refractivity contribution in [1.29, 1.82) is 0 Å². The lowest BCUT2D eigenvalue weighted by atomic mass is 9.99. The first-order chi connectivity index (χ1) is 18.8. The molecule has 206 valence electrons. The van der Waals surface area contributed by atoms with Crippen LogP contribution >= 0.6 is 22.9 Å². The van der Waals surface area contributed by atoms with E-state index in [0.717, 1.165) is 30.2 Å². The van der Waals surface area contributed by atoms with Gasteiger partial charge in [0.15, 0.2) is 0 Å². The molecule has 0 unspecified atom stereocenters. The van der Waals surface area contributed by atoms with Crippen LogP contribution in [0.3, 0.4) is 0 Å². The number of amides is 1. The standard InChI is InChI=1S/C29H33ClN4O3S2/c1-22-9-10-25(20-26(22)30)39(36,37)34-14-11-24(12-15-34)28-31-27(21-38-28)29(35)33-18-16-32(17-19-33)13-5-8-23-6-3-2-4-7-23/h2-10,20-21,24H,11-19H2,1H3. The molecular formula is C29H33ClN4O3S2. The highest BCUT2D eigenvalue weighted by Gasteiger charge is 2.32. The highest BCUT2D eigenvalue weighted by molar-refractivity contribution is 7.89. The van der Waals surface area contributed by atoms with E-state index in [1.807, 2.05) is 35.4 Å². The predicted molar refractivity (Wildman–Crippen MR) is 157 cm³/mol. The highest BCUT2D eigenvalue weighted by Crippen LogP contribution is 2.33. The molecule has 1 aromatic heterocycles. The van der Waals surface area contributed by atoms with Gasteiger partial charge in [-0.25, -0.2) is 13.4 Å². The molecule has 7 nitrogen and oxygen atoms in total. The molecule has 3 aromatic rings. The zero-order chi connectivity index (χ0) is 27.4. The van der Waals surface area contributed by atoms with Crippen molar-refractivity contribution in [1.82, 2.24) is 19.1 Å². The van der Waals surface area contributed by atoms with Gasteiger partial charge in [-0.1, -0.05) is 60.2 Å². The van der Waals surface area contributed by atoms with E-state index in [9.17, 15) is 13.2 Å². The molecule has 0 saturated carbocycles. The highest BCUT2D eigenvalue weighted by atomic mass is 35.5. The molecule has 0 N–H and O–H groups in total. The Morgan fingerprint density at radius 3 is 2.46 bits per heavy atom. The third-order valence-corrected chi connectivity index (χ3v) is 10.8. The zero-order valence-corrected chi connectivity index (χ0v) is 24.4. The SMILES string of the molecule is Cc1ccc(S(=O)(=O)N2CCC(c3nc(C(=O)N4CCN(CC=Cc5ccccc5)CC4)cs3)CC2)cc1Cl. The summed E-state index contributed by atoms with van der Waals surface area (Å²) >= 11 is 7.67. The molecule has 2 aliphatic heterocycles. The second-order valence-electron chi connectivity index (χ2n) is 10.1. The number of nitrogens with zero attached hydrogens (tertiary/aromatic N) is 4. The van der Waals surface area contributed by atoms with Crippen LogP contribution in [0, 0.1) is 6.92 Å². The summed E-state index contributed by atoms with van der Waals surface area (Å²) in [5.74, 6) is 0.131. The van der Waals surface area contributed by atoms with Crippen LogP contribution in [0.2, 0.25) is 5.02 Å². The van der Waals surface area contributed by atoms with Crippen LogP contribution in [0.4, 0.5) is 0 Å². The Hall–Kier alpha value is -2.56. The summed E-state index contributed by atoms with van der Waals surface area (Å²) in [6.45, 7) is 6.59. The minimum Gasteiger partial charge on any atom is -0.335 e. The van der Waals surface area contributed by atoms with Gasteiger partial charge in [-0.05, 0) is 43.0 Å². The van der Waals surface area contributed by atoms with Crippen LogP contribution in [0.5, 0.6) is 0 Å². The number of thiazole rings is 1. The Bertz CT molecular complexity index is 1430. The second kappa shape index (κ2) is 12.3. The summed E-state index contributed by atoms with van der Waals surface area (Å²) in [5.41, 5.74) is 2.53. The Labute approximate surface area is 239 Å². The van der Waals surface area contributed by atoms with Gasteiger partial charge in [0.1, 0.15) is 5.69 Å². The van der Waals surface area contributed by atoms with Gasteiger partial charge in [-0.3, -0.25) is 9.69 Å². The molecule has 0 radical (unpaired) electrons. The van der Waals surface area contributed by atoms with E-state index in [2.05, 4.69) is 29.2 Å². The number of carbonyl (C=O) groups excluding carboxylic acids is 1. The molecule has 3 heterocycles. The van der Waals surface area contributed by atoms with E-state index in [1.165, 1.54) is 27.3 Å². The summed E-state index contributed by atoms with van der Waals surface area (Å²) in [6.07, 6.45) is 5.66. The first-order valence-electron chi connectivity index (χ1n) is 13.3. The van der Waals surface area contributed by atoms with Gasteiger partial charge in [0.2, 0.25) is 10.0 Å². The van der Waals surface area contributed by atoms with Gasteiger partial charge < -0.3 is 4.90 Å². The fourth-order valence-electron chi connectivity index (χ4n) is 5.00. The normalized spacial score (nSPS) is 18.2. The van der Waals surface area contributed by atoms with Gasteiger partial charge in [0.05, 0.1) is 9.90 Å². The number of aryl methyl sites for hydroxylation is 1. The van der Waals surface area contributed by atoms with Crippen LogP contribution in [-0.2, 0) is 10.0 Å². The number of piperidine rings is 1. The number of rotatable bonds is 7. The van der Waals surface area contributed by atoms with E-state index >= 15 is 0 Å². The maximum Gasteiger partial charge on any atom is 0.273 e. The molecule has 2 aromatic carbocycles. The Kier molecular flexibility index (Phi) is 8.83. The molecule has 0 bridgehead atoms. The van der Waals surface area contributed by atoms with Crippen LogP contribution in [0.25, 0.3) is 6.08 Å². The molecular weight excluding hydrogens is 552 g/mol. The molecule has 0 aliphatic carbocycles. The smallest absolute Gasteiger partial charge is 0.273 e. The minimum absolute atomic E-state index is 0.0201. The van der Waals surface area contributed by atoms with Gasteiger partial charge >= 0.3 is 0 Å². The second-order valence-corrected chi connectivity index (χ2v) is 13.3. The predicted octanol–water partition coefficient (Wildman–Crippen LogP) is 5.14. The maximum atomic E-state index is 13.1. The van der Waals surface area contributed by atoms with Crippen molar-refractivity contribution in [2.75, 3.05) is 45.8 Å². The van der Waals surface area contributed by atoms with Crippen molar-refractivity contribution in [3.05, 3.63) is 86.8 Å². The minimum atomic E-state index is -3.59. The lowest BCUT2D eigenvalue weighted by molar-refractivity contribution is 0.0645. The van der Waals surface area contributed by atoms with Gasteiger partial charge in [-0.2, -0.15) is 4.31 Å². The average molecular weight is 585 g/mol. The van der Waals surface area contributed by atoms with E-state index in [-0.39, 0.29) is 16.7 Å². The molecule has 0 spiro atoms. The summed E-state index contributed by atoms with van der Waals surface area (Å²) in [6, 6.07) is 15.1. The van der Waals surface area contributed by atoms with Crippen molar-refractivity contribution < 1.29 is 13.2 Å². The summed E-state index contributed by atoms with van der Waals surface area (Å²) in [7, 11) is -3.59. The third-order valence-electron chi connectivity index (χ3n) is 7.46. The summed E-state index contributed by atoms with van der Waals surface area (Å²) < 4.78 is 27.7. The average Bonchev–Trinajstić information content (AvgIpc) is 3.46. The van der Waals surface area contributed by atoms with Gasteiger partial charge in [-0.15, -0.1) is 11.3 Å². The molecule has 2 fully saturated rings. The van der Waals surface area contributed by atoms with Crippen molar-refractivity contribution in [3.63, 3.8) is 0 Å². The largest absolute Gasteiger partial charge is 0.335 e. The lowest BCUT2D eigenvalue weighted by Gasteiger charge is -2.33. The number of hydrogen-bond acceptors (Lipinski definition) is 6. The van der Waals surface area contributed by atoms with Gasteiger partial charge in [0, 0.05) is 62.1 Å². The number of sulfonamides is 1. The summed E-state index contributed by atoms with van der Waals surface area (Å²) in [5, 5.41) is 3.22. The van der Waals surface area contributed by atoms with Crippen molar-refractivity contribution in [3.8, 4) is 0 Å². The first-order valence-corrected chi connectivity index (χ1v) is 16.0. The molecule has 10 heteroatoms. The van der Waals surface area contributed by atoms with E-state index < -0.39 is 10.0 Å². The van der Waals surface area contributed by atoms with Crippen molar-refractivity contribution >= 4 is 44.9 Å². The number of halogens is 1. The quantitative estimate of drug-likeness (QED) is 0.384. The van der Waals surface area contributed by atoms with Crippen LogP contribution < -0.4 is 0 Å². The van der Waals surface area contributed by atoms with Gasteiger partial charge in [0.25, 0.3) is 5.91 Å². The Balaban J connectivity index is 1.11. The van der Waals surface area contributed by atoms with E-state index in [0.29, 0.717) is 49.7 Å². The molecule has 2 aliphatic rings. The number of piperazine rings is 1. The van der Waals surface area contributed by atoms with Crippen LogP contribution in [0.1, 0.15) is 45.4 Å². The fourth-order valence-corrected chi connectivity index (χ4v) is 7.70. The van der Waals surface area contributed by atoms with E-state index in [4.69, 9.17) is 16.6 Å². The number of aromatic nitrogens is 1. The monoisotopic (exact) mass is 584 g/mol. The number of carbonyl (C=O) groups is 1. The first kappa shape index (κ1) is 28.0. The fraction of sp³-hybridized carbons (Fsp3) is 0.379. The maximum absolute atomic E-state index is 13.1. The molecule has 2 saturated heterocycles. The van der Waals surface area contributed by atoms with Crippen LogP contribution in [-0.4, -0.2) is 79.2 Å². The van der Waals surface area contributed by atoms with Crippen LogP contribution in [0.15, 0.2) is 64.9 Å². The molecule has 39 heavy (non-hydrogen) atoms. The number of hydrogen-bond donors (Lipinski definition) is 0. The number of benzene rings is 2. The summed E-state index contributed by atoms with van der Waals surface area (Å²) in [4.78, 5) is 22.3. The Morgan fingerprint density at radius 1 is 1.05 bits per heavy atom. The van der Waals surface area contributed by atoms with Crippen molar-refractivity contribution in [2.24, 2.45) is 0 Å². The lowest BCUT2D eigenvalue weighted by Crippen LogP contribution is -2.48. The van der Waals surface area contributed by atoms with E-state index in [1.54, 1.807) is 12.1 Å². The van der Waals surface area contributed by atoms with Crippen molar-refractivity contribution in [2.45, 2.75) is 30.6 Å². The topological polar surface area (TPSA) is 73.8 Å².